The highest BCUT2D eigenvalue weighted by molar-refractivity contribution is 5.96. The second-order valence-corrected chi connectivity index (χ2v) is 11.5. The van der Waals surface area contributed by atoms with Crippen LogP contribution >= 0.6 is 0 Å². The lowest BCUT2D eigenvalue weighted by Crippen LogP contribution is -2.60. The maximum Gasteiger partial charge on any atom is 0.471 e. The summed E-state index contributed by atoms with van der Waals surface area (Å²) in [6.07, 6.45) is 3.75. The topological polar surface area (TPSA) is 156 Å². The molecule has 0 spiro atoms. The van der Waals surface area contributed by atoms with Crippen molar-refractivity contribution in [2.75, 3.05) is 34.0 Å². The van der Waals surface area contributed by atoms with Crippen LogP contribution in [0.2, 0.25) is 0 Å². The summed E-state index contributed by atoms with van der Waals surface area (Å²) in [4.78, 5) is 49.0. The van der Waals surface area contributed by atoms with E-state index in [1.807, 2.05) is 19.9 Å². The van der Waals surface area contributed by atoms with Crippen LogP contribution in [0.4, 0.5) is 13.2 Å². The lowest BCUT2D eigenvalue weighted by atomic mass is 9.97. The van der Waals surface area contributed by atoms with Gasteiger partial charge in [-0.25, -0.2) is 4.98 Å². The number of nitriles is 1. The monoisotopic (exact) mass is 630 g/mol. The molecule has 240 valence electrons. The van der Waals surface area contributed by atoms with E-state index in [9.17, 15) is 32.8 Å². The van der Waals surface area contributed by atoms with Crippen LogP contribution in [-0.4, -0.2) is 90.9 Å². The number of pyridine rings is 2. The minimum absolute atomic E-state index is 0.0610. The number of terminal acetylenes is 1. The number of fused-ring (bicyclic) bond motifs is 2. The average molecular weight is 631 g/mol. The van der Waals surface area contributed by atoms with E-state index in [4.69, 9.17) is 20.6 Å². The van der Waals surface area contributed by atoms with Gasteiger partial charge >= 0.3 is 12.1 Å². The van der Waals surface area contributed by atoms with E-state index in [-0.39, 0.29) is 54.0 Å². The number of amides is 3. The number of ether oxygens (including phenoxy) is 3. The van der Waals surface area contributed by atoms with Gasteiger partial charge in [0.05, 0.1) is 24.3 Å². The Kier molecular flexibility index (Phi) is 9.56. The number of alkyl halides is 3. The Labute approximate surface area is 257 Å². The van der Waals surface area contributed by atoms with Crippen molar-refractivity contribution in [2.24, 2.45) is 17.3 Å². The van der Waals surface area contributed by atoms with Gasteiger partial charge in [0.25, 0.3) is 0 Å². The fourth-order valence-electron chi connectivity index (χ4n) is 6.00. The maximum absolute atomic E-state index is 13.9. The van der Waals surface area contributed by atoms with Gasteiger partial charge in [0.1, 0.15) is 24.7 Å². The molecule has 1 aliphatic carbocycles. The molecular weight excluding hydrogens is 597 g/mol. The molecule has 0 radical (unpaired) electrons. The zero-order valence-electron chi connectivity index (χ0n) is 25.3. The smallest absolute Gasteiger partial charge is 0.471 e. The standard InChI is InChI=1S/C30H33F3N6O6/c1-7-17-21-16(12-36-26(17)45-9-8-43-5)11-35-13-18(21)20(10-34)37-25(40)24-22-19(29(22,3)4)14-39(24)27(41)23(15(2)44-6)38-28(42)30(31,32)33/h1,11-13,15,19-20,22-24H,8-9,14H2,2-6H3,(H,37,40)(H,38,42)/t15-,19+,20?,22+,23+,24+/m1/s1. The van der Waals surface area contributed by atoms with Crippen molar-refractivity contribution in [3.63, 3.8) is 0 Å². The molecule has 1 saturated carbocycles. The van der Waals surface area contributed by atoms with E-state index < -0.39 is 48.1 Å². The lowest BCUT2D eigenvalue weighted by molar-refractivity contribution is -0.176. The van der Waals surface area contributed by atoms with Gasteiger partial charge in [-0.15, -0.1) is 6.42 Å². The van der Waals surface area contributed by atoms with Crippen molar-refractivity contribution in [2.45, 2.75) is 51.2 Å². The summed E-state index contributed by atoms with van der Waals surface area (Å²) in [6.45, 7) is 5.64. The number of likely N-dealkylation sites (tertiary alicyclic amines) is 1. The fraction of sp³-hybridized carbons (Fsp3) is 0.533. The van der Waals surface area contributed by atoms with Gasteiger partial charge in [-0.3, -0.25) is 19.4 Å². The number of piperidine rings is 1. The van der Waals surface area contributed by atoms with Crippen LogP contribution in [0.3, 0.4) is 0 Å². The van der Waals surface area contributed by atoms with E-state index >= 15 is 0 Å². The Balaban J connectivity index is 1.67. The summed E-state index contributed by atoms with van der Waals surface area (Å²) in [5, 5.41) is 15.5. The molecule has 12 nitrogen and oxygen atoms in total. The first-order valence-corrected chi connectivity index (χ1v) is 14.0. The van der Waals surface area contributed by atoms with Crippen LogP contribution in [0.15, 0.2) is 18.6 Å². The summed E-state index contributed by atoms with van der Waals surface area (Å²) >= 11 is 0. The average Bonchev–Trinajstić information content (AvgIpc) is 3.31. The van der Waals surface area contributed by atoms with Crippen molar-refractivity contribution in [1.82, 2.24) is 25.5 Å². The molecule has 2 aromatic rings. The Hall–Kier alpha value is -4.47. The third-order valence-electron chi connectivity index (χ3n) is 8.60. The SMILES string of the molecule is C#Cc1c(OCCOC)ncc2cncc(C(C#N)NC(=O)[C@@H]3[C@@H]4[C@H](CN3C(=O)[C@@H](NC(=O)C(F)(F)F)[C@@H](C)OC)C4(C)C)c12. The van der Waals surface area contributed by atoms with Crippen LogP contribution in [0.5, 0.6) is 5.88 Å². The quantitative estimate of drug-likeness (QED) is 0.280. The second-order valence-electron chi connectivity index (χ2n) is 11.5. The molecule has 0 bridgehead atoms. The molecule has 1 saturated heterocycles. The number of aromatic nitrogens is 2. The summed E-state index contributed by atoms with van der Waals surface area (Å²) in [6, 6.07) is -2.12. The largest absolute Gasteiger partial charge is 0.474 e. The van der Waals surface area contributed by atoms with Crippen molar-refractivity contribution in [3.05, 3.63) is 29.7 Å². The third kappa shape index (κ3) is 6.36. The minimum atomic E-state index is -5.24. The molecule has 2 N–H and O–H groups in total. The Bertz CT molecular complexity index is 1570. The first-order valence-electron chi connectivity index (χ1n) is 14.0. The molecule has 45 heavy (non-hydrogen) atoms. The van der Waals surface area contributed by atoms with Crippen LogP contribution in [0.25, 0.3) is 10.8 Å². The highest BCUT2D eigenvalue weighted by atomic mass is 19.4. The number of hydrogen-bond acceptors (Lipinski definition) is 9. The summed E-state index contributed by atoms with van der Waals surface area (Å²) in [7, 11) is 2.69. The Morgan fingerprint density at radius 3 is 2.51 bits per heavy atom. The molecule has 6 atom stereocenters. The number of nitrogens with zero attached hydrogens (tertiary/aromatic N) is 4. The van der Waals surface area contributed by atoms with E-state index in [1.165, 1.54) is 39.7 Å². The Morgan fingerprint density at radius 1 is 1.20 bits per heavy atom. The van der Waals surface area contributed by atoms with Gasteiger partial charge in [-0.05, 0) is 24.2 Å². The summed E-state index contributed by atoms with van der Waals surface area (Å²) in [5.41, 5.74) is 0.116. The van der Waals surface area contributed by atoms with Gasteiger partial charge < -0.3 is 29.7 Å². The molecule has 2 aromatic heterocycles. The van der Waals surface area contributed by atoms with Gasteiger partial charge in [0, 0.05) is 55.7 Å². The number of hydrogen-bond donors (Lipinski definition) is 2. The number of nitrogens with one attached hydrogen (secondary N) is 2. The van der Waals surface area contributed by atoms with Crippen LogP contribution < -0.4 is 15.4 Å². The van der Waals surface area contributed by atoms with E-state index in [1.54, 1.807) is 5.32 Å². The highest BCUT2D eigenvalue weighted by Gasteiger charge is 2.69. The van der Waals surface area contributed by atoms with Gasteiger partial charge in [0.2, 0.25) is 17.7 Å². The third-order valence-corrected chi connectivity index (χ3v) is 8.60. The Morgan fingerprint density at radius 2 is 1.91 bits per heavy atom. The van der Waals surface area contributed by atoms with Gasteiger partial charge in [0.15, 0.2) is 0 Å². The van der Waals surface area contributed by atoms with Crippen molar-refractivity contribution >= 4 is 28.5 Å². The summed E-state index contributed by atoms with van der Waals surface area (Å²) in [5.74, 6) is -1.77. The number of halogens is 3. The molecule has 15 heteroatoms. The van der Waals surface area contributed by atoms with E-state index in [0.29, 0.717) is 10.8 Å². The van der Waals surface area contributed by atoms with Crippen LogP contribution in [0, 0.1) is 40.9 Å². The molecule has 1 aliphatic heterocycles. The highest BCUT2D eigenvalue weighted by Crippen LogP contribution is 2.65. The lowest BCUT2D eigenvalue weighted by Gasteiger charge is -2.35. The maximum atomic E-state index is 13.9. The number of rotatable bonds is 11. The van der Waals surface area contributed by atoms with Gasteiger partial charge in [-0.2, -0.15) is 18.4 Å². The molecule has 4 rings (SSSR count). The predicted molar refractivity (Wildman–Crippen MR) is 152 cm³/mol. The zero-order chi connectivity index (χ0) is 33.3. The molecule has 2 aliphatic rings. The van der Waals surface area contributed by atoms with Crippen molar-refractivity contribution < 1.29 is 41.8 Å². The molecule has 0 aromatic carbocycles. The van der Waals surface area contributed by atoms with Crippen molar-refractivity contribution in [3.8, 4) is 24.3 Å². The van der Waals surface area contributed by atoms with E-state index in [0.717, 1.165) is 4.90 Å². The zero-order valence-corrected chi connectivity index (χ0v) is 25.3. The van der Waals surface area contributed by atoms with Crippen LogP contribution in [0.1, 0.15) is 37.9 Å². The first kappa shape index (κ1) is 33.4. The molecule has 1 unspecified atom stereocenters. The number of carbonyl (C=O) groups is 3. The normalized spacial score (nSPS) is 21.9. The van der Waals surface area contributed by atoms with Gasteiger partial charge in [-0.1, -0.05) is 19.8 Å². The van der Waals surface area contributed by atoms with Crippen molar-refractivity contribution in [1.29, 1.82) is 5.26 Å². The second kappa shape index (κ2) is 12.9. The van der Waals surface area contributed by atoms with E-state index in [2.05, 4.69) is 21.2 Å². The summed E-state index contributed by atoms with van der Waals surface area (Å²) < 4.78 is 55.1. The number of methoxy groups -OCH3 is 2. The fourth-order valence-corrected chi connectivity index (χ4v) is 6.00. The molecule has 3 heterocycles. The number of carbonyl (C=O) groups excluding carboxylic acids is 3. The minimum Gasteiger partial charge on any atom is -0.474 e. The molecular formula is C30H33F3N6O6. The molecule has 2 fully saturated rings. The molecule has 3 amide bonds. The first-order chi connectivity index (χ1) is 21.2. The van der Waals surface area contributed by atoms with Crippen LogP contribution in [-0.2, 0) is 23.9 Å². The predicted octanol–water partition coefficient (Wildman–Crippen LogP) is 1.88.